The van der Waals surface area contributed by atoms with Crippen LogP contribution in [0.3, 0.4) is 0 Å². The second-order valence-corrected chi connectivity index (χ2v) is 5.75. The number of amides is 1. The van der Waals surface area contributed by atoms with E-state index in [0.29, 0.717) is 6.10 Å². The Kier molecular flexibility index (Phi) is 3.69. The molecule has 1 heterocycles. The molecule has 2 atom stereocenters. The van der Waals surface area contributed by atoms with Crippen LogP contribution in [-0.2, 0) is 16.1 Å². The van der Waals surface area contributed by atoms with Crippen molar-refractivity contribution in [1.82, 2.24) is 25.5 Å². The molecule has 0 radical (unpaired) electrons. The number of hydrogen-bond acceptors (Lipinski definition) is 5. The van der Waals surface area contributed by atoms with E-state index in [4.69, 9.17) is 4.74 Å². The summed E-state index contributed by atoms with van der Waals surface area (Å²) in [5.74, 6) is -0.0245. The van der Waals surface area contributed by atoms with Crippen LogP contribution in [0.1, 0.15) is 39.0 Å². The molecule has 2 aliphatic carbocycles. The van der Waals surface area contributed by atoms with E-state index in [1.165, 1.54) is 23.9 Å². The number of rotatable bonds is 5. The van der Waals surface area contributed by atoms with Crippen molar-refractivity contribution in [3.63, 3.8) is 0 Å². The molecule has 0 unspecified atom stereocenters. The second kappa shape index (κ2) is 5.47. The van der Waals surface area contributed by atoms with Gasteiger partial charge in [-0.25, -0.2) is 4.68 Å². The molecule has 3 rings (SSSR count). The Labute approximate surface area is 118 Å². The number of aromatic nitrogens is 4. The van der Waals surface area contributed by atoms with Crippen LogP contribution in [0.15, 0.2) is 6.33 Å². The summed E-state index contributed by atoms with van der Waals surface area (Å²) in [5, 5.41) is 13.9. The lowest BCUT2D eigenvalue weighted by Gasteiger charge is -2.54. The summed E-state index contributed by atoms with van der Waals surface area (Å²) >= 11 is 0. The number of nitrogens with one attached hydrogen (secondary N) is 1. The predicted octanol–water partition coefficient (Wildman–Crippen LogP) is 0.527. The average Bonchev–Trinajstić information content (AvgIpc) is 3.09. The van der Waals surface area contributed by atoms with Gasteiger partial charge in [0.2, 0.25) is 5.91 Å². The van der Waals surface area contributed by atoms with Gasteiger partial charge in [0.25, 0.3) is 0 Å². The molecule has 7 heteroatoms. The molecule has 1 spiro atoms. The van der Waals surface area contributed by atoms with E-state index < -0.39 is 0 Å². The van der Waals surface area contributed by atoms with E-state index in [0.717, 1.165) is 25.9 Å². The van der Waals surface area contributed by atoms with Crippen LogP contribution in [0.5, 0.6) is 0 Å². The van der Waals surface area contributed by atoms with Gasteiger partial charge in [0.15, 0.2) is 0 Å². The van der Waals surface area contributed by atoms with Gasteiger partial charge in [-0.05, 0) is 36.6 Å². The van der Waals surface area contributed by atoms with Gasteiger partial charge in [0.05, 0.1) is 6.10 Å². The highest BCUT2D eigenvalue weighted by molar-refractivity contribution is 5.76. The Balaban J connectivity index is 1.59. The number of carbonyl (C=O) groups excluding carboxylic acids is 1. The highest BCUT2D eigenvalue weighted by Crippen LogP contribution is 2.54. The van der Waals surface area contributed by atoms with Crippen LogP contribution in [0.25, 0.3) is 0 Å². The first-order valence-electron chi connectivity index (χ1n) is 7.36. The van der Waals surface area contributed by atoms with Crippen LogP contribution >= 0.6 is 0 Å². The summed E-state index contributed by atoms with van der Waals surface area (Å²) in [6.45, 7) is 2.96. The van der Waals surface area contributed by atoms with Gasteiger partial charge in [-0.3, -0.25) is 4.79 Å². The lowest BCUT2D eigenvalue weighted by molar-refractivity contribution is -0.144. The summed E-state index contributed by atoms with van der Waals surface area (Å²) in [7, 11) is 0. The Bertz CT molecular complexity index is 455. The molecule has 7 nitrogen and oxygen atoms in total. The summed E-state index contributed by atoms with van der Waals surface area (Å²) in [5.41, 5.74) is 0.173. The Morgan fingerprint density at radius 2 is 2.30 bits per heavy atom. The zero-order chi connectivity index (χ0) is 14.0. The average molecular weight is 279 g/mol. The quantitative estimate of drug-likeness (QED) is 0.850. The molecule has 0 aliphatic heterocycles. The summed E-state index contributed by atoms with van der Waals surface area (Å²) < 4.78 is 7.28. The van der Waals surface area contributed by atoms with E-state index in [2.05, 4.69) is 20.8 Å². The van der Waals surface area contributed by atoms with Crippen molar-refractivity contribution < 1.29 is 9.53 Å². The van der Waals surface area contributed by atoms with Gasteiger partial charge in [0.1, 0.15) is 12.9 Å². The van der Waals surface area contributed by atoms with Crippen molar-refractivity contribution in [3.05, 3.63) is 6.33 Å². The third kappa shape index (κ3) is 2.30. The van der Waals surface area contributed by atoms with Crippen LogP contribution in [0, 0.1) is 5.41 Å². The van der Waals surface area contributed by atoms with Crippen molar-refractivity contribution in [1.29, 1.82) is 0 Å². The maximum Gasteiger partial charge on any atom is 0.242 e. The largest absolute Gasteiger partial charge is 0.378 e. The Morgan fingerprint density at radius 1 is 1.50 bits per heavy atom. The zero-order valence-corrected chi connectivity index (χ0v) is 11.8. The number of tetrazole rings is 1. The van der Waals surface area contributed by atoms with E-state index in [-0.39, 0.29) is 23.9 Å². The van der Waals surface area contributed by atoms with Crippen molar-refractivity contribution >= 4 is 5.91 Å². The van der Waals surface area contributed by atoms with Crippen molar-refractivity contribution in [2.75, 3.05) is 6.61 Å². The number of nitrogens with zero attached hydrogens (tertiary/aromatic N) is 4. The molecule has 110 valence electrons. The van der Waals surface area contributed by atoms with Gasteiger partial charge < -0.3 is 10.1 Å². The third-order valence-electron chi connectivity index (χ3n) is 4.72. The molecular formula is C13H21N5O2. The number of ether oxygens (including phenoxy) is 1. The molecule has 1 N–H and O–H groups in total. The standard InChI is InChI=1S/C13H21N5O2/c1-2-20-11-7-10(13(11)5-3-4-6-13)15-12(19)8-18-9-14-16-17-18/h9-11H,2-8H2,1H3,(H,15,19)/t10-,11-/m1/s1. The SMILES string of the molecule is CCO[C@@H]1C[C@@H](NC(=O)Cn2cnnn2)C12CCCC2. The zero-order valence-electron chi connectivity index (χ0n) is 11.8. The molecule has 1 amide bonds. The van der Waals surface area contributed by atoms with E-state index in [9.17, 15) is 4.79 Å². The van der Waals surface area contributed by atoms with Crippen molar-refractivity contribution in [3.8, 4) is 0 Å². The van der Waals surface area contributed by atoms with E-state index in [1.54, 1.807) is 0 Å². The minimum Gasteiger partial charge on any atom is -0.378 e. The first-order chi connectivity index (χ1) is 9.74. The predicted molar refractivity (Wildman–Crippen MR) is 70.7 cm³/mol. The van der Waals surface area contributed by atoms with Gasteiger partial charge in [-0.15, -0.1) is 5.10 Å². The maximum absolute atomic E-state index is 12.0. The van der Waals surface area contributed by atoms with Gasteiger partial charge in [-0.1, -0.05) is 12.8 Å². The second-order valence-electron chi connectivity index (χ2n) is 5.75. The fraction of sp³-hybridized carbons (Fsp3) is 0.846. The molecule has 20 heavy (non-hydrogen) atoms. The lowest BCUT2D eigenvalue weighted by atomic mass is 9.60. The smallest absolute Gasteiger partial charge is 0.242 e. The molecule has 2 saturated carbocycles. The summed E-state index contributed by atoms with van der Waals surface area (Å²) in [4.78, 5) is 12.0. The van der Waals surface area contributed by atoms with Crippen molar-refractivity contribution in [2.24, 2.45) is 5.41 Å². The number of carbonyl (C=O) groups is 1. The van der Waals surface area contributed by atoms with Gasteiger partial charge in [0, 0.05) is 18.1 Å². The van der Waals surface area contributed by atoms with Crippen LogP contribution < -0.4 is 5.32 Å². The van der Waals surface area contributed by atoms with Crippen LogP contribution in [0.2, 0.25) is 0 Å². The molecule has 1 aromatic rings. The van der Waals surface area contributed by atoms with Crippen molar-refractivity contribution in [2.45, 2.75) is 57.7 Å². The molecule has 0 saturated heterocycles. The minimum atomic E-state index is -0.0245. The molecule has 0 bridgehead atoms. The Morgan fingerprint density at radius 3 is 2.95 bits per heavy atom. The van der Waals surface area contributed by atoms with Crippen LogP contribution in [-0.4, -0.2) is 44.9 Å². The minimum absolute atomic E-state index is 0.0245. The maximum atomic E-state index is 12.0. The van der Waals surface area contributed by atoms with E-state index in [1.807, 2.05) is 6.92 Å². The third-order valence-corrected chi connectivity index (χ3v) is 4.72. The van der Waals surface area contributed by atoms with Crippen LogP contribution in [0.4, 0.5) is 0 Å². The summed E-state index contributed by atoms with van der Waals surface area (Å²) in [6.07, 6.45) is 7.49. The first kappa shape index (κ1) is 13.5. The van der Waals surface area contributed by atoms with Gasteiger partial charge in [-0.2, -0.15) is 0 Å². The monoisotopic (exact) mass is 279 g/mol. The fourth-order valence-corrected chi connectivity index (χ4v) is 3.73. The molecule has 2 aliphatic rings. The topological polar surface area (TPSA) is 81.9 Å². The molecular weight excluding hydrogens is 258 g/mol. The van der Waals surface area contributed by atoms with E-state index >= 15 is 0 Å². The fourth-order valence-electron chi connectivity index (χ4n) is 3.73. The first-order valence-corrected chi connectivity index (χ1v) is 7.36. The highest BCUT2D eigenvalue weighted by Gasteiger charge is 2.57. The number of hydrogen-bond donors (Lipinski definition) is 1. The highest BCUT2D eigenvalue weighted by atomic mass is 16.5. The molecule has 2 fully saturated rings. The lowest BCUT2D eigenvalue weighted by Crippen LogP contribution is -2.64. The Hall–Kier alpha value is -1.50. The molecule has 0 aromatic carbocycles. The summed E-state index contributed by atoms with van der Waals surface area (Å²) in [6, 6.07) is 0.241. The molecule has 1 aromatic heterocycles. The normalized spacial score (nSPS) is 27.4. The van der Waals surface area contributed by atoms with Gasteiger partial charge >= 0.3 is 0 Å².